The van der Waals surface area contributed by atoms with Gasteiger partial charge in [-0.2, -0.15) is 0 Å². The van der Waals surface area contributed by atoms with Gasteiger partial charge >= 0.3 is 12.0 Å². The summed E-state index contributed by atoms with van der Waals surface area (Å²) in [6, 6.07) is -0.224. The van der Waals surface area contributed by atoms with E-state index in [1.807, 2.05) is 0 Å². The number of hydrogen-bond donors (Lipinski definition) is 1. The average molecular weight is 270 g/mol. The Balaban J connectivity index is 2.58. The zero-order valence-corrected chi connectivity index (χ0v) is 12.5. The van der Waals surface area contributed by atoms with Crippen molar-refractivity contribution in [1.82, 2.24) is 9.80 Å². The fraction of sp³-hybridized carbons (Fsp3) is 0.857. The van der Waals surface area contributed by atoms with Crippen LogP contribution >= 0.6 is 0 Å². The molecule has 0 atom stereocenters. The lowest BCUT2D eigenvalue weighted by Gasteiger charge is -2.36. The van der Waals surface area contributed by atoms with Crippen LogP contribution in [0.25, 0.3) is 0 Å². The zero-order valence-electron chi connectivity index (χ0n) is 12.5. The maximum atomic E-state index is 12.3. The van der Waals surface area contributed by atoms with Crippen molar-refractivity contribution in [3.8, 4) is 0 Å². The summed E-state index contributed by atoms with van der Waals surface area (Å²) in [5.74, 6) is -0.432. The van der Waals surface area contributed by atoms with Crippen LogP contribution in [0.5, 0.6) is 0 Å². The molecule has 0 heterocycles. The number of nitrogens with zero attached hydrogens (tertiary/aromatic N) is 2. The van der Waals surface area contributed by atoms with Crippen LogP contribution in [0.15, 0.2) is 0 Å². The minimum atomic E-state index is -1.18. The molecule has 0 unspecified atom stereocenters. The van der Waals surface area contributed by atoms with Crippen LogP contribution in [-0.2, 0) is 4.79 Å². The van der Waals surface area contributed by atoms with Crippen LogP contribution in [0, 0.1) is 5.92 Å². The molecule has 1 aliphatic carbocycles. The predicted octanol–water partition coefficient (Wildman–Crippen LogP) is 2.41. The Morgan fingerprint density at radius 1 is 1.16 bits per heavy atom. The highest BCUT2D eigenvalue weighted by molar-refractivity contribution is 5.85. The molecule has 110 valence electrons. The first-order valence-corrected chi connectivity index (χ1v) is 6.99. The monoisotopic (exact) mass is 270 g/mol. The summed E-state index contributed by atoms with van der Waals surface area (Å²) in [5.41, 5.74) is -1.18. The van der Waals surface area contributed by atoms with Gasteiger partial charge in [0.05, 0.1) is 0 Å². The molecule has 1 rings (SSSR count). The molecule has 0 saturated heterocycles. The molecule has 19 heavy (non-hydrogen) atoms. The molecule has 0 aliphatic heterocycles. The van der Waals surface area contributed by atoms with E-state index in [1.54, 1.807) is 32.8 Å². The first-order valence-electron chi connectivity index (χ1n) is 6.99. The molecule has 0 aromatic heterocycles. The van der Waals surface area contributed by atoms with Crippen molar-refractivity contribution in [2.75, 3.05) is 20.6 Å². The van der Waals surface area contributed by atoms with Gasteiger partial charge in [-0.3, -0.25) is 0 Å². The Hall–Kier alpha value is -1.26. The number of carboxylic acids is 1. The highest BCUT2D eigenvalue weighted by atomic mass is 16.4. The predicted molar refractivity (Wildman–Crippen MR) is 74.1 cm³/mol. The summed E-state index contributed by atoms with van der Waals surface area (Å²) >= 11 is 0. The lowest BCUT2D eigenvalue weighted by atomic mass is 9.89. The van der Waals surface area contributed by atoms with E-state index in [1.165, 1.54) is 37.0 Å². The molecule has 1 saturated carbocycles. The standard InChI is InChI=1S/C14H26N2O3/c1-14(2,12(17)18)16(4)13(19)15(3)10-11-8-6-5-7-9-11/h11H,5-10H2,1-4H3,(H,17,18). The van der Waals surface area contributed by atoms with E-state index in [9.17, 15) is 9.59 Å². The van der Waals surface area contributed by atoms with Gasteiger partial charge < -0.3 is 14.9 Å². The van der Waals surface area contributed by atoms with Crippen LogP contribution in [-0.4, -0.2) is 53.1 Å². The van der Waals surface area contributed by atoms with Gasteiger partial charge in [0.2, 0.25) is 0 Å². The summed E-state index contributed by atoms with van der Waals surface area (Å²) in [4.78, 5) is 26.4. The van der Waals surface area contributed by atoms with Gasteiger partial charge in [-0.15, -0.1) is 0 Å². The zero-order chi connectivity index (χ0) is 14.6. The largest absolute Gasteiger partial charge is 0.480 e. The van der Waals surface area contributed by atoms with Crippen molar-refractivity contribution in [2.45, 2.75) is 51.5 Å². The first kappa shape index (κ1) is 15.8. The van der Waals surface area contributed by atoms with E-state index in [0.717, 1.165) is 6.54 Å². The van der Waals surface area contributed by atoms with Crippen molar-refractivity contribution in [2.24, 2.45) is 5.92 Å². The molecule has 0 aromatic rings. The normalized spacial score (nSPS) is 17.1. The number of carbonyl (C=O) groups is 2. The minimum absolute atomic E-state index is 0.224. The molecule has 0 spiro atoms. The molecular weight excluding hydrogens is 244 g/mol. The number of carbonyl (C=O) groups excluding carboxylic acids is 1. The van der Waals surface area contributed by atoms with Crippen LogP contribution in [0.4, 0.5) is 4.79 Å². The lowest BCUT2D eigenvalue weighted by molar-refractivity contribution is -0.147. The SMILES string of the molecule is CN(CC1CCCCC1)C(=O)N(C)C(C)(C)C(=O)O. The third-order valence-electron chi connectivity index (χ3n) is 4.23. The third-order valence-corrected chi connectivity index (χ3v) is 4.23. The van der Waals surface area contributed by atoms with Crippen LogP contribution < -0.4 is 0 Å². The lowest BCUT2D eigenvalue weighted by Crippen LogP contribution is -2.54. The molecule has 1 fully saturated rings. The molecule has 0 aromatic carbocycles. The van der Waals surface area contributed by atoms with Gasteiger partial charge in [-0.05, 0) is 32.6 Å². The summed E-state index contributed by atoms with van der Waals surface area (Å²) < 4.78 is 0. The summed E-state index contributed by atoms with van der Waals surface area (Å²) in [7, 11) is 3.30. The number of rotatable bonds is 4. The fourth-order valence-corrected chi connectivity index (χ4v) is 2.47. The number of urea groups is 1. The number of amides is 2. The third kappa shape index (κ3) is 3.85. The van der Waals surface area contributed by atoms with Gasteiger partial charge in [0.15, 0.2) is 0 Å². The summed E-state index contributed by atoms with van der Waals surface area (Å²) in [6.07, 6.45) is 6.11. The molecular formula is C14H26N2O3. The molecule has 2 amide bonds. The van der Waals surface area contributed by atoms with Gasteiger partial charge in [0.25, 0.3) is 0 Å². The summed E-state index contributed by atoms with van der Waals surface area (Å²) in [6.45, 7) is 3.81. The van der Waals surface area contributed by atoms with Crippen molar-refractivity contribution in [1.29, 1.82) is 0 Å². The molecule has 5 nitrogen and oxygen atoms in total. The van der Waals surface area contributed by atoms with Gasteiger partial charge in [0.1, 0.15) is 5.54 Å². The van der Waals surface area contributed by atoms with Gasteiger partial charge in [-0.1, -0.05) is 19.3 Å². The van der Waals surface area contributed by atoms with E-state index in [0.29, 0.717) is 5.92 Å². The average Bonchev–Trinajstić information content (AvgIpc) is 2.37. The van der Waals surface area contributed by atoms with E-state index >= 15 is 0 Å². The molecule has 1 aliphatic rings. The molecule has 0 radical (unpaired) electrons. The quantitative estimate of drug-likeness (QED) is 0.853. The maximum Gasteiger partial charge on any atom is 0.329 e. The minimum Gasteiger partial charge on any atom is -0.480 e. The van der Waals surface area contributed by atoms with E-state index in [2.05, 4.69) is 0 Å². The summed E-state index contributed by atoms with van der Waals surface area (Å²) in [5, 5.41) is 9.15. The van der Waals surface area contributed by atoms with Crippen LogP contribution in [0.2, 0.25) is 0 Å². The van der Waals surface area contributed by atoms with E-state index in [-0.39, 0.29) is 6.03 Å². The number of hydrogen-bond acceptors (Lipinski definition) is 2. The van der Waals surface area contributed by atoms with Crippen LogP contribution in [0.3, 0.4) is 0 Å². The molecule has 5 heteroatoms. The smallest absolute Gasteiger partial charge is 0.329 e. The van der Waals surface area contributed by atoms with E-state index in [4.69, 9.17) is 5.11 Å². The maximum absolute atomic E-state index is 12.3. The number of carboxylic acid groups (broad SMARTS) is 1. The Kier molecular flexibility index (Phi) is 5.20. The first-order chi connectivity index (χ1) is 8.76. The Labute approximate surface area is 115 Å². The molecule has 1 N–H and O–H groups in total. The Morgan fingerprint density at radius 2 is 1.68 bits per heavy atom. The highest BCUT2D eigenvalue weighted by Gasteiger charge is 2.36. The Morgan fingerprint density at radius 3 is 2.16 bits per heavy atom. The Bertz CT molecular complexity index is 336. The van der Waals surface area contributed by atoms with Crippen molar-refractivity contribution in [3.63, 3.8) is 0 Å². The second-order valence-electron chi connectivity index (χ2n) is 6.09. The second kappa shape index (κ2) is 6.26. The topological polar surface area (TPSA) is 60.9 Å². The number of likely N-dealkylation sites (N-methyl/N-ethyl adjacent to an activating group) is 1. The second-order valence-corrected chi connectivity index (χ2v) is 6.09. The van der Waals surface area contributed by atoms with Gasteiger partial charge in [0, 0.05) is 20.6 Å². The number of aliphatic carboxylic acids is 1. The van der Waals surface area contributed by atoms with E-state index < -0.39 is 11.5 Å². The van der Waals surface area contributed by atoms with Crippen molar-refractivity contribution >= 4 is 12.0 Å². The highest BCUT2D eigenvalue weighted by Crippen LogP contribution is 2.24. The fourth-order valence-electron chi connectivity index (χ4n) is 2.47. The molecule has 0 bridgehead atoms. The van der Waals surface area contributed by atoms with Gasteiger partial charge in [-0.25, -0.2) is 9.59 Å². The van der Waals surface area contributed by atoms with Crippen molar-refractivity contribution < 1.29 is 14.7 Å². The van der Waals surface area contributed by atoms with Crippen molar-refractivity contribution in [3.05, 3.63) is 0 Å². The van der Waals surface area contributed by atoms with Crippen LogP contribution in [0.1, 0.15) is 46.0 Å².